The Morgan fingerprint density at radius 3 is 2.88 bits per heavy atom. The monoisotopic (exact) mass is 476 g/mol. The Morgan fingerprint density at radius 2 is 2.03 bits per heavy atom. The first-order chi connectivity index (χ1) is 16.5. The number of benzene rings is 1. The third-order valence-electron chi connectivity index (χ3n) is 6.02. The first kappa shape index (κ1) is 22.3. The minimum Gasteiger partial charge on any atom is -0.361 e. The maximum atomic E-state index is 12.9. The molecule has 176 valence electrons. The van der Waals surface area contributed by atoms with Crippen molar-refractivity contribution in [1.82, 2.24) is 29.5 Å². The van der Waals surface area contributed by atoms with Crippen molar-refractivity contribution in [3.8, 4) is 0 Å². The summed E-state index contributed by atoms with van der Waals surface area (Å²) in [4.78, 5) is 28.6. The Morgan fingerprint density at radius 1 is 1.18 bits per heavy atom. The van der Waals surface area contributed by atoms with E-state index in [0.29, 0.717) is 48.7 Å². The topological polar surface area (TPSA) is 97.1 Å². The number of H-pyrrole nitrogens is 1. The molecular formula is C25H28N6O2S. The molecule has 0 radical (unpaired) electrons. The van der Waals surface area contributed by atoms with Crippen LogP contribution in [0.15, 0.2) is 46.7 Å². The summed E-state index contributed by atoms with van der Waals surface area (Å²) < 4.78 is 4.41. The molecule has 4 heterocycles. The number of fused-ring (bicyclic) bond motifs is 4. The minimum atomic E-state index is -0.0141. The Kier molecular flexibility index (Phi) is 6.19. The molecule has 8 nitrogen and oxygen atoms in total. The van der Waals surface area contributed by atoms with Crippen LogP contribution in [0.4, 0.5) is 0 Å². The number of nitrogens with zero attached hydrogens (tertiary/aromatic N) is 4. The van der Waals surface area contributed by atoms with E-state index in [1.54, 1.807) is 4.57 Å². The second kappa shape index (κ2) is 9.42. The van der Waals surface area contributed by atoms with Crippen LogP contribution in [0.3, 0.4) is 0 Å². The second-order valence-electron chi connectivity index (χ2n) is 9.01. The fraction of sp³-hybridized carbons (Fsp3) is 0.360. The molecule has 0 spiro atoms. The molecule has 0 aliphatic heterocycles. The number of nitrogens with one attached hydrogen (secondary N) is 2. The van der Waals surface area contributed by atoms with E-state index in [1.165, 1.54) is 22.3 Å². The van der Waals surface area contributed by atoms with Crippen molar-refractivity contribution in [2.45, 2.75) is 46.1 Å². The van der Waals surface area contributed by atoms with Crippen molar-refractivity contribution in [2.24, 2.45) is 5.92 Å². The smallest absolute Gasteiger partial charge is 0.272 e. The largest absolute Gasteiger partial charge is 0.361 e. The van der Waals surface area contributed by atoms with Crippen molar-refractivity contribution < 1.29 is 4.79 Å². The first-order valence-corrected chi connectivity index (χ1v) is 12.6. The first-order valence-electron chi connectivity index (χ1n) is 11.7. The summed E-state index contributed by atoms with van der Waals surface area (Å²) in [5.74, 6) is 1.70. The van der Waals surface area contributed by atoms with Gasteiger partial charge in [0.25, 0.3) is 5.56 Å². The van der Waals surface area contributed by atoms with E-state index in [-0.39, 0.29) is 11.5 Å². The molecule has 0 aliphatic rings. The number of hydrogen-bond acceptors (Lipinski definition) is 5. The fourth-order valence-corrected chi connectivity index (χ4v) is 5.27. The number of rotatable bonds is 9. The van der Waals surface area contributed by atoms with Crippen LogP contribution < -0.4 is 10.9 Å². The summed E-state index contributed by atoms with van der Waals surface area (Å²) in [5.41, 5.74) is 3.15. The lowest BCUT2D eigenvalue weighted by molar-refractivity contribution is -0.121. The van der Waals surface area contributed by atoms with Crippen molar-refractivity contribution in [1.29, 1.82) is 0 Å². The predicted octanol–water partition coefficient (Wildman–Crippen LogP) is 3.92. The number of aromatic amines is 1. The molecule has 0 unspecified atom stereocenters. The summed E-state index contributed by atoms with van der Waals surface area (Å²) in [6.45, 7) is 5.35. The number of thiophene rings is 1. The zero-order valence-corrected chi connectivity index (χ0v) is 20.2. The number of para-hydroxylation sites is 1. The van der Waals surface area contributed by atoms with Gasteiger partial charge >= 0.3 is 0 Å². The fourth-order valence-electron chi connectivity index (χ4n) is 4.44. The molecule has 1 aromatic carbocycles. The van der Waals surface area contributed by atoms with E-state index in [9.17, 15) is 9.59 Å². The van der Waals surface area contributed by atoms with Crippen LogP contribution in [0.1, 0.15) is 38.1 Å². The normalized spacial score (nSPS) is 11.9. The molecular weight excluding hydrogens is 448 g/mol. The lowest BCUT2D eigenvalue weighted by atomic mass is 10.1. The zero-order valence-electron chi connectivity index (χ0n) is 19.4. The van der Waals surface area contributed by atoms with E-state index >= 15 is 0 Å². The number of carbonyl (C=O) groups excluding carboxylic acids is 1. The van der Waals surface area contributed by atoms with Gasteiger partial charge in [-0.25, -0.2) is 0 Å². The summed E-state index contributed by atoms with van der Waals surface area (Å²) in [7, 11) is 0. The highest BCUT2D eigenvalue weighted by Crippen LogP contribution is 2.21. The van der Waals surface area contributed by atoms with Gasteiger partial charge in [0.05, 0.1) is 5.52 Å². The SMILES string of the molecule is CC(C)Cn1c(=O)c2sccc2n2c(CCCC(=O)NCCc3c[nH]c4ccccc34)nnc12. The van der Waals surface area contributed by atoms with Gasteiger partial charge < -0.3 is 10.3 Å². The van der Waals surface area contributed by atoms with E-state index in [2.05, 4.69) is 46.5 Å². The van der Waals surface area contributed by atoms with Crippen LogP contribution in [0, 0.1) is 5.92 Å². The third kappa shape index (κ3) is 4.23. The van der Waals surface area contributed by atoms with Crippen molar-refractivity contribution >= 4 is 44.1 Å². The standard InChI is InChI=1S/C25H28N6O2S/c1-16(2)15-30-24(33)23-20(11-13-34-23)31-21(28-29-25(30)31)8-5-9-22(32)26-12-10-17-14-27-19-7-4-3-6-18(17)19/h3-4,6-7,11,13-14,16,27H,5,8-10,12,15H2,1-2H3,(H,26,32). The predicted molar refractivity (Wildman–Crippen MR) is 135 cm³/mol. The Labute approximate surface area is 200 Å². The van der Waals surface area contributed by atoms with Crippen molar-refractivity contribution in [3.05, 3.63) is 63.7 Å². The highest BCUT2D eigenvalue weighted by atomic mass is 32.1. The molecule has 5 aromatic rings. The van der Waals surface area contributed by atoms with Gasteiger partial charge in [-0.15, -0.1) is 21.5 Å². The van der Waals surface area contributed by atoms with Crippen LogP contribution in [0.25, 0.3) is 26.9 Å². The molecule has 0 saturated carbocycles. The van der Waals surface area contributed by atoms with E-state index in [4.69, 9.17) is 0 Å². The molecule has 34 heavy (non-hydrogen) atoms. The van der Waals surface area contributed by atoms with Gasteiger partial charge in [-0.3, -0.25) is 18.6 Å². The molecule has 9 heteroatoms. The van der Waals surface area contributed by atoms with Crippen molar-refractivity contribution in [3.63, 3.8) is 0 Å². The van der Waals surface area contributed by atoms with E-state index in [0.717, 1.165) is 23.3 Å². The summed E-state index contributed by atoms with van der Waals surface area (Å²) in [5, 5.41) is 14.9. The quantitative estimate of drug-likeness (QED) is 0.337. The molecule has 0 saturated heterocycles. The number of amides is 1. The average molecular weight is 477 g/mol. The van der Waals surface area contributed by atoms with Crippen LogP contribution >= 0.6 is 11.3 Å². The Hall–Kier alpha value is -3.46. The highest BCUT2D eigenvalue weighted by Gasteiger charge is 2.18. The van der Waals surface area contributed by atoms with Crippen LogP contribution in [0.5, 0.6) is 0 Å². The second-order valence-corrected chi connectivity index (χ2v) is 9.93. The molecule has 1 amide bonds. The molecule has 0 atom stereocenters. The lowest BCUT2D eigenvalue weighted by Gasteiger charge is -2.11. The number of hydrogen-bond donors (Lipinski definition) is 2. The Balaban J connectivity index is 1.22. The number of aryl methyl sites for hydroxylation is 1. The van der Waals surface area contributed by atoms with Crippen LogP contribution in [-0.2, 0) is 24.2 Å². The summed E-state index contributed by atoms with van der Waals surface area (Å²) >= 11 is 1.44. The Bertz CT molecular complexity index is 1520. The van der Waals surface area contributed by atoms with Gasteiger partial charge in [-0.2, -0.15) is 0 Å². The molecule has 5 rings (SSSR count). The number of carbonyl (C=O) groups is 1. The minimum absolute atomic E-state index is 0.0141. The third-order valence-corrected chi connectivity index (χ3v) is 6.91. The van der Waals surface area contributed by atoms with Gasteiger partial charge in [-0.1, -0.05) is 32.0 Å². The van der Waals surface area contributed by atoms with Crippen molar-refractivity contribution in [2.75, 3.05) is 6.54 Å². The van der Waals surface area contributed by atoms with Gasteiger partial charge in [0.1, 0.15) is 10.5 Å². The van der Waals surface area contributed by atoms with Gasteiger partial charge in [0, 0.05) is 43.0 Å². The molecule has 4 aromatic heterocycles. The molecule has 0 fully saturated rings. The van der Waals surface area contributed by atoms with Crippen LogP contribution in [-0.4, -0.2) is 36.6 Å². The summed E-state index contributed by atoms with van der Waals surface area (Å²) in [6, 6.07) is 10.1. The van der Waals surface area contributed by atoms with Gasteiger partial charge in [0.15, 0.2) is 0 Å². The molecule has 2 N–H and O–H groups in total. The van der Waals surface area contributed by atoms with E-state index in [1.807, 2.05) is 34.2 Å². The maximum Gasteiger partial charge on any atom is 0.272 e. The van der Waals surface area contributed by atoms with Gasteiger partial charge in [-0.05, 0) is 41.8 Å². The molecule has 0 aliphatic carbocycles. The lowest BCUT2D eigenvalue weighted by Crippen LogP contribution is -2.25. The van der Waals surface area contributed by atoms with E-state index < -0.39 is 0 Å². The average Bonchev–Trinajstić information content (AvgIpc) is 3.55. The highest BCUT2D eigenvalue weighted by molar-refractivity contribution is 7.17. The number of aromatic nitrogens is 5. The summed E-state index contributed by atoms with van der Waals surface area (Å²) in [6.07, 6.45) is 4.49. The maximum absolute atomic E-state index is 12.9. The van der Waals surface area contributed by atoms with Gasteiger partial charge in [0.2, 0.25) is 11.7 Å². The van der Waals surface area contributed by atoms with Crippen LogP contribution in [0.2, 0.25) is 0 Å². The molecule has 0 bridgehead atoms. The zero-order chi connectivity index (χ0) is 23.7.